The number of rotatable bonds is 3. The molecule has 0 amide bonds. The number of aromatic nitrogens is 1. The van der Waals surface area contributed by atoms with Crippen molar-refractivity contribution in [3.05, 3.63) is 64.1 Å². The van der Waals surface area contributed by atoms with Gasteiger partial charge in [0.15, 0.2) is 5.11 Å². The molecule has 1 unspecified atom stereocenters. The van der Waals surface area contributed by atoms with Gasteiger partial charge >= 0.3 is 5.97 Å². The highest BCUT2D eigenvalue weighted by atomic mass is 32.1. The number of hydrogen-bond donors (Lipinski definition) is 1. The zero-order valence-corrected chi connectivity index (χ0v) is 16.6. The molecule has 0 radical (unpaired) electrons. The average molecular weight is 398 g/mol. The van der Waals surface area contributed by atoms with Crippen LogP contribution >= 0.6 is 12.2 Å². The largest absolute Gasteiger partial charge is 0.462 e. The maximum absolute atomic E-state index is 12.1. The molecule has 28 heavy (non-hydrogen) atoms. The lowest BCUT2D eigenvalue weighted by molar-refractivity contribution is 0.0526. The van der Waals surface area contributed by atoms with Crippen LogP contribution in [0.15, 0.2) is 47.3 Å². The summed E-state index contributed by atoms with van der Waals surface area (Å²) in [6.45, 7) is 4.53. The van der Waals surface area contributed by atoms with Gasteiger partial charge in [0.1, 0.15) is 0 Å². The lowest BCUT2D eigenvalue weighted by atomic mass is 9.83. The van der Waals surface area contributed by atoms with Gasteiger partial charge in [-0.3, -0.25) is 4.79 Å². The van der Waals surface area contributed by atoms with Gasteiger partial charge in [-0.15, -0.1) is 0 Å². The number of ether oxygens (including phenoxy) is 1. The molecule has 1 saturated heterocycles. The first-order valence-corrected chi connectivity index (χ1v) is 9.99. The number of benzene rings is 1. The Morgan fingerprint density at radius 1 is 1.18 bits per heavy atom. The first kappa shape index (κ1) is 18.7. The van der Waals surface area contributed by atoms with Gasteiger partial charge in [0.05, 0.1) is 12.2 Å². The van der Waals surface area contributed by atoms with Crippen molar-refractivity contribution in [3.8, 4) is 0 Å². The van der Waals surface area contributed by atoms with E-state index < -0.39 is 0 Å². The Kier molecular flexibility index (Phi) is 5.17. The van der Waals surface area contributed by atoms with Crippen LogP contribution in [0.1, 0.15) is 35.3 Å². The molecule has 2 bridgehead atoms. The monoisotopic (exact) mass is 397 g/mol. The predicted molar refractivity (Wildman–Crippen MR) is 112 cm³/mol. The molecule has 2 atom stereocenters. The number of thiocarbonyl (C=S) groups is 1. The van der Waals surface area contributed by atoms with E-state index >= 15 is 0 Å². The van der Waals surface area contributed by atoms with Crippen molar-refractivity contribution in [1.29, 1.82) is 0 Å². The molecule has 0 aliphatic carbocycles. The number of likely N-dealkylation sites (tertiary alicyclic amines) is 1. The molecule has 4 rings (SSSR count). The topological polar surface area (TPSA) is 63.6 Å². The molecule has 3 heterocycles. The second-order valence-electron chi connectivity index (χ2n) is 7.33. The van der Waals surface area contributed by atoms with Gasteiger partial charge in [0.2, 0.25) is 0 Å². The summed E-state index contributed by atoms with van der Waals surface area (Å²) >= 11 is 5.64. The first-order chi connectivity index (χ1) is 13.5. The van der Waals surface area contributed by atoms with Crippen LogP contribution in [-0.2, 0) is 11.3 Å². The number of carbonyl (C=O) groups excluding carboxylic acids is 1. The van der Waals surface area contributed by atoms with Crippen LogP contribution in [0.25, 0.3) is 0 Å². The van der Waals surface area contributed by atoms with Crippen molar-refractivity contribution in [2.24, 2.45) is 5.92 Å². The van der Waals surface area contributed by atoms with E-state index in [0.29, 0.717) is 29.1 Å². The molecular weight excluding hydrogens is 374 g/mol. The van der Waals surface area contributed by atoms with Gasteiger partial charge < -0.3 is 19.5 Å². The molecule has 7 heteroatoms. The van der Waals surface area contributed by atoms with Crippen molar-refractivity contribution >= 4 is 29.0 Å². The Morgan fingerprint density at radius 2 is 1.96 bits per heavy atom. The lowest BCUT2D eigenvalue weighted by Gasteiger charge is -2.43. The van der Waals surface area contributed by atoms with Crippen molar-refractivity contribution in [2.45, 2.75) is 25.8 Å². The Morgan fingerprint density at radius 3 is 2.71 bits per heavy atom. The van der Waals surface area contributed by atoms with Crippen LogP contribution in [-0.4, -0.2) is 40.2 Å². The van der Waals surface area contributed by atoms with E-state index in [-0.39, 0.29) is 11.5 Å². The zero-order valence-electron chi connectivity index (χ0n) is 15.8. The molecule has 0 saturated carbocycles. The maximum atomic E-state index is 12.1. The fraction of sp³-hybridized carbons (Fsp3) is 0.381. The molecule has 0 spiro atoms. The van der Waals surface area contributed by atoms with Crippen molar-refractivity contribution in [2.75, 3.05) is 25.0 Å². The fourth-order valence-corrected chi connectivity index (χ4v) is 4.44. The summed E-state index contributed by atoms with van der Waals surface area (Å²) in [5.41, 5.74) is 2.55. The molecular formula is C21H23N3O3S. The highest BCUT2D eigenvalue weighted by molar-refractivity contribution is 7.80. The molecule has 1 aromatic carbocycles. The number of piperidine rings is 1. The summed E-state index contributed by atoms with van der Waals surface area (Å²) in [6, 6.07) is 12.7. The van der Waals surface area contributed by atoms with Crippen LogP contribution in [0.4, 0.5) is 5.69 Å². The second kappa shape index (κ2) is 7.75. The highest BCUT2D eigenvalue weighted by Gasteiger charge is 2.35. The number of anilines is 1. The molecule has 146 valence electrons. The van der Waals surface area contributed by atoms with Crippen molar-refractivity contribution in [1.82, 2.24) is 9.47 Å². The van der Waals surface area contributed by atoms with Crippen molar-refractivity contribution < 1.29 is 9.53 Å². The lowest BCUT2D eigenvalue weighted by Crippen LogP contribution is -2.50. The summed E-state index contributed by atoms with van der Waals surface area (Å²) < 4.78 is 6.92. The number of carbonyl (C=O) groups is 1. The van der Waals surface area contributed by atoms with E-state index in [1.54, 1.807) is 25.1 Å². The number of nitrogens with one attached hydrogen (secondary N) is 1. The maximum Gasteiger partial charge on any atom is 0.338 e. The average Bonchev–Trinajstić information content (AvgIpc) is 2.69. The third-order valence-corrected chi connectivity index (χ3v) is 5.77. The van der Waals surface area contributed by atoms with E-state index in [2.05, 4.69) is 16.3 Å². The minimum absolute atomic E-state index is 0.0861. The van der Waals surface area contributed by atoms with Crippen LogP contribution in [0, 0.1) is 5.92 Å². The Bertz CT molecular complexity index is 954. The van der Waals surface area contributed by atoms with E-state index in [4.69, 9.17) is 17.0 Å². The minimum Gasteiger partial charge on any atom is -0.462 e. The summed E-state index contributed by atoms with van der Waals surface area (Å²) in [4.78, 5) is 26.1. The van der Waals surface area contributed by atoms with Gasteiger partial charge in [-0.05, 0) is 61.8 Å². The molecule has 2 aromatic rings. The number of nitrogens with zero attached hydrogens (tertiary/aromatic N) is 2. The first-order valence-electron chi connectivity index (χ1n) is 9.58. The Balaban J connectivity index is 1.44. The zero-order chi connectivity index (χ0) is 19.7. The normalized spacial score (nSPS) is 20.2. The third-order valence-electron chi connectivity index (χ3n) is 5.41. The second-order valence-corrected chi connectivity index (χ2v) is 7.72. The SMILES string of the molecule is CCOC(=O)c1ccc(NC(=S)N2CC3C[C@H](C2)Cn2c3cccc2=O)cc1. The van der Waals surface area contributed by atoms with Crippen LogP contribution in [0.5, 0.6) is 0 Å². The van der Waals surface area contributed by atoms with Crippen molar-refractivity contribution in [3.63, 3.8) is 0 Å². The van der Waals surface area contributed by atoms with Gasteiger partial charge in [-0.2, -0.15) is 0 Å². The molecule has 2 aliphatic rings. The smallest absolute Gasteiger partial charge is 0.338 e. The summed E-state index contributed by atoms with van der Waals surface area (Å²) in [7, 11) is 0. The van der Waals surface area contributed by atoms with Crippen LogP contribution in [0.2, 0.25) is 0 Å². The Labute approximate surface area is 169 Å². The van der Waals surface area contributed by atoms with E-state index in [0.717, 1.165) is 37.4 Å². The van der Waals surface area contributed by atoms with E-state index in [9.17, 15) is 9.59 Å². The molecule has 2 aliphatic heterocycles. The summed E-state index contributed by atoms with van der Waals surface area (Å²) in [5.74, 6) is 0.402. The summed E-state index contributed by atoms with van der Waals surface area (Å²) in [6.07, 6.45) is 1.09. The van der Waals surface area contributed by atoms with Gasteiger partial charge in [-0.25, -0.2) is 4.79 Å². The fourth-order valence-electron chi connectivity index (χ4n) is 4.17. The molecule has 1 N–H and O–H groups in total. The number of hydrogen-bond acceptors (Lipinski definition) is 4. The highest BCUT2D eigenvalue weighted by Crippen LogP contribution is 2.35. The summed E-state index contributed by atoms with van der Waals surface area (Å²) in [5, 5.41) is 3.94. The number of fused-ring (bicyclic) bond motifs is 4. The van der Waals surface area contributed by atoms with Crippen LogP contribution < -0.4 is 10.9 Å². The molecule has 1 aromatic heterocycles. The van der Waals surface area contributed by atoms with Crippen LogP contribution in [0.3, 0.4) is 0 Å². The molecule has 6 nitrogen and oxygen atoms in total. The quantitative estimate of drug-likeness (QED) is 0.635. The standard InChI is InChI=1S/C21H23N3O3S/c1-2-27-20(26)15-6-8-17(9-7-15)22-21(28)23-11-14-10-16(13-23)18-4-3-5-19(25)24(18)12-14/h3-9,14,16H,2,10-13H2,1H3,(H,22,28)/t14-,16?/m1/s1. The van der Waals surface area contributed by atoms with E-state index in [1.165, 1.54) is 0 Å². The van der Waals surface area contributed by atoms with Gasteiger partial charge in [0, 0.05) is 43.0 Å². The Hall–Kier alpha value is -2.67. The molecule has 1 fully saturated rings. The number of esters is 1. The predicted octanol–water partition coefficient (Wildman–Crippen LogP) is 2.84. The third kappa shape index (κ3) is 3.67. The minimum atomic E-state index is -0.325. The van der Waals surface area contributed by atoms with Gasteiger partial charge in [-0.1, -0.05) is 6.07 Å². The van der Waals surface area contributed by atoms with Gasteiger partial charge in [0.25, 0.3) is 5.56 Å². The van der Waals surface area contributed by atoms with E-state index in [1.807, 2.05) is 22.8 Å². The number of pyridine rings is 1.